The van der Waals surface area contributed by atoms with Gasteiger partial charge in [-0.2, -0.15) is 0 Å². The average molecular weight is 570 g/mol. The molecule has 0 aromatic rings. The van der Waals surface area contributed by atoms with Crippen molar-refractivity contribution >= 4 is 41.1 Å². The van der Waals surface area contributed by atoms with Gasteiger partial charge in [-0.15, -0.1) is 0 Å². The van der Waals surface area contributed by atoms with E-state index in [0.717, 1.165) is 37.1 Å². The molecule has 2 aliphatic heterocycles. The number of carbonyl (C=O) groups is 5. The fourth-order valence-corrected chi connectivity index (χ4v) is 6.29. The van der Waals surface area contributed by atoms with Gasteiger partial charge >= 0.3 is 0 Å². The van der Waals surface area contributed by atoms with Crippen molar-refractivity contribution in [1.29, 1.82) is 0 Å². The number of amides is 5. The van der Waals surface area contributed by atoms with E-state index in [1.165, 1.54) is 0 Å². The topological polar surface area (TPSA) is 128 Å². The van der Waals surface area contributed by atoms with Crippen LogP contribution in [0.25, 0.3) is 0 Å². The molecule has 0 spiro atoms. The number of piperidine rings is 1. The lowest BCUT2D eigenvalue weighted by molar-refractivity contribution is -0.151. The third-order valence-corrected chi connectivity index (χ3v) is 9.30. The number of hydrogen-bond acceptors (Lipinski definition) is 5. The molecule has 4 rings (SSSR count). The van der Waals surface area contributed by atoms with E-state index < -0.39 is 40.9 Å². The number of halogens is 2. The van der Waals surface area contributed by atoms with E-state index in [2.05, 4.69) is 16.1 Å². The average Bonchev–Trinajstić information content (AvgIpc) is 3.55. The van der Waals surface area contributed by atoms with Crippen LogP contribution in [0.1, 0.15) is 72.1 Å². The summed E-state index contributed by atoms with van der Waals surface area (Å²) in [5.41, 5.74) is -0.432. The van der Waals surface area contributed by atoms with Crippen LogP contribution < -0.4 is 16.1 Å². The minimum Gasteiger partial charge on any atom is -0.356 e. The minimum atomic E-state index is -2.40. The first kappa shape index (κ1) is 29.6. The number of hydrazine groups is 1. The first-order valence-corrected chi connectivity index (χ1v) is 14.7. The van der Waals surface area contributed by atoms with E-state index in [1.807, 2.05) is 20.8 Å². The second kappa shape index (κ2) is 12.0. The van der Waals surface area contributed by atoms with Gasteiger partial charge in [-0.3, -0.25) is 29.4 Å². The van der Waals surface area contributed by atoms with Crippen molar-refractivity contribution in [3.63, 3.8) is 0 Å². The number of nitrogens with zero attached hydrogens (tertiary/aromatic N) is 2. The van der Waals surface area contributed by atoms with Crippen LogP contribution in [-0.4, -0.2) is 76.8 Å². The highest BCUT2D eigenvalue weighted by atomic mass is 35.5. The molecule has 218 valence electrons. The summed E-state index contributed by atoms with van der Waals surface area (Å²) in [4.78, 5) is 67.1. The molecule has 10 nitrogen and oxygen atoms in total. The van der Waals surface area contributed by atoms with Crippen LogP contribution in [0, 0.1) is 29.1 Å². The monoisotopic (exact) mass is 569 g/mol. The molecule has 2 saturated carbocycles. The second-order valence-corrected chi connectivity index (χ2v) is 12.6. The molecular formula is C27H41ClFN5O5. The molecular weight excluding hydrogens is 529 g/mol. The zero-order valence-corrected chi connectivity index (χ0v) is 23.8. The normalized spacial score (nSPS) is 28.2. The standard InChI is InChI=1S/C27H41ClFN5O5/c1-4-27(2,3)20(31-23(36)15-10-11-15)25(38)33-13-16-7-5-9-18(16)19(33)24(37)32-34(26(39)21(28)29)14-17-8-6-12-30-22(17)35/h15-21H,4-14H2,1-3H3,(H,30,35)(H,31,36)(H,32,37)/t16-,17-,18-,19-,20+,21-/m0/s1. The fraction of sp³-hybridized carbons (Fsp3) is 0.815. The first-order valence-electron chi connectivity index (χ1n) is 14.2. The Morgan fingerprint density at radius 1 is 1.13 bits per heavy atom. The highest BCUT2D eigenvalue weighted by Crippen LogP contribution is 2.43. The molecule has 2 saturated heterocycles. The van der Waals surface area contributed by atoms with Crippen molar-refractivity contribution in [2.24, 2.45) is 29.1 Å². The van der Waals surface area contributed by atoms with Crippen LogP contribution >= 0.6 is 11.6 Å². The van der Waals surface area contributed by atoms with Crippen LogP contribution in [0.4, 0.5) is 4.39 Å². The summed E-state index contributed by atoms with van der Waals surface area (Å²) < 4.78 is 13.9. The van der Waals surface area contributed by atoms with Gasteiger partial charge in [0.25, 0.3) is 17.4 Å². The van der Waals surface area contributed by atoms with Gasteiger partial charge in [0.05, 0.1) is 12.5 Å². The van der Waals surface area contributed by atoms with E-state index in [0.29, 0.717) is 32.4 Å². The quantitative estimate of drug-likeness (QED) is 0.288. The van der Waals surface area contributed by atoms with Crippen molar-refractivity contribution < 1.29 is 28.4 Å². The van der Waals surface area contributed by atoms with E-state index in [9.17, 15) is 28.4 Å². The van der Waals surface area contributed by atoms with Crippen LogP contribution in [0.3, 0.4) is 0 Å². The molecule has 3 N–H and O–H groups in total. The minimum absolute atomic E-state index is 0.0780. The zero-order chi connectivity index (χ0) is 28.5. The number of carbonyl (C=O) groups excluding carboxylic acids is 5. The maximum absolute atomic E-state index is 14.1. The molecule has 2 aliphatic carbocycles. The predicted molar refractivity (Wildman–Crippen MR) is 141 cm³/mol. The van der Waals surface area contributed by atoms with E-state index in [4.69, 9.17) is 11.6 Å². The molecule has 6 atom stereocenters. The lowest BCUT2D eigenvalue weighted by Gasteiger charge is -2.38. The van der Waals surface area contributed by atoms with Gasteiger partial charge in [0.2, 0.25) is 17.7 Å². The van der Waals surface area contributed by atoms with Crippen molar-refractivity contribution in [3.05, 3.63) is 0 Å². The molecule has 4 aliphatic rings. The number of nitrogens with one attached hydrogen (secondary N) is 3. The third kappa shape index (κ3) is 6.49. The zero-order valence-electron chi connectivity index (χ0n) is 23.0. The van der Waals surface area contributed by atoms with E-state index in [-0.39, 0.29) is 42.0 Å². The summed E-state index contributed by atoms with van der Waals surface area (Å²) in [7, 11) is 0. The number of likely N-dealkylation sites (tertiary alicyclic amines) is 1. The van der Waals surface area contributed by atoms with Crippen LogP contribution in [0.2, 0.25) is 0 Å². The summed E-state index contributed by atoms with van der Waals surface area (Å²) in [5.74, 6) is -3.22. The smallest absolute Gasteiger partial charge is 0.291 e. The van der Waals surface area contributed by atoms with Gasteiger partial charge in [-0.25, -0.2) is 9.40 Å². The van der Waals surface area contributed by atoms with Gasteiger partial charge in [0, 0.05) is 19.0 Å². The Bertz CT molecular complexity index is 990. The van der Waals surface area contributed by atoms with E-state index in [1.54, 1.807) is 4.90 Å². The largest absolute Gasteiger partial charge is 0.356 e. The molecule has 0 aromatic heterocycles. The fourth-order valence-electron chi connectivity index (χ4n) is 6.17. The molecule has 0 aromatic carbocycles. The van der Waals surface area contributed by atoms with Gasteiger partial charge in [-0.05, 0) is 62.2 Å². The molecule has 39 heavy (non-hydrogen) atoms. The Hall–Kier alpha value is -2.43. The van der Waals surface area contributed by atoms with Crippen LogP contribution in [0.5, 0.6) is 0 Å². The highest BCUT2D eigenvalue weighted by molar-refractivity contribution is 6.29. The van der Waals surface area contributed by atoms with Crippen LogP contribution in [0.15, 0.2) is 0 Å². The van der Waals surface area contributed by atoms with Crippen molar-refractivity contribution in [1.82, 2.24) is 26.0 Å². The maximum atomic E-state index is 14.1. The Balaban J connectivity index is 1.57. The lowest BCUT2D eigenvalue weighted by atomic mass is 9.80. The molecule has 4 fully saturated rings. The summed E-state index contributed by atoms with van der Waals surface area (Å²) >= 11 is 5.46. The Morgan fingerprint density at radius 2 is 1.85 bits per heavy atom. The summed E-state index contributed by atoms with van der Waals surface area (Å²) in [6, 6.07) is -1.70. The second-order valence-electron chi connectivity index (χ2n) is 12.2. The van der Waals surface area contributed by atoms with Gasteiger partial charge in [-0.1, -0.05) is 38.8 Å². The molecule has 0 unspecified atom stereocenters. The number of hydrogen-bond donors (Lipinski definition) is 3. The molecule has 0 radical (unpaired) electrons. The molecule has 0 bridgehead atoms. The first-order chi connectivity index (χ1) is 18.4. The number of fused-ring (bicyclic) bond motifs is 1. The molecule has 5 amide bonds. The number of alkyl halides is 2. The number of rotatable bonds is 9. The van der Waals surface area contributed by atoms with Crippen molar-refractivity contribution in [2.75, 3.05) is 19.6 Å². The predicted octanol–water partition coefficient (Wildman–Crippen LogP) is 1.86. The highest BCUT2D eigenvalue weighted by Gasteiger charge is 2.53. The van der Waals surface area contributed by atoms with Crippen LogP contribution in [-0.2, 0) is 24.0 Å². The van der Waals surface area contributed by atoms with Crippen molar-refractivity contribution in [3.8, 4) is 0 Å². The van der Waals surface area contributed by atoms with Crippen molar-refractivity contribution in [2.45, 2.75) is 89.9 Å². The summed E-state index contributed by atoms with van der Waals surface area (Å²) in [5, 5.41) is 6.48. The van der Waals surface area contributed by atoms with Gasteiger partial charge in [0.1, 0.15) is 12.1 Å². The summed E-state index contributed by atoms with van der Waals surface area (Å²) in [6.45, 7) is 6.47. The van der Waals surface area contributed by atoms with Gasteiger partial charge in [0.15, 0.2) is 0 Å². The van der Waals surface area contributed by atoms with Gasteiger partial charge < -0.3 is 15.5 Å². The third-order valence-electron chi connectivity index (χ3n) is 9.12. The maximum Gasteiger partial charge on any atom is 0.291 e. The SMILES string of the molecule is CCC(C)(C)[C@H](NC(=O)C1CC1)C(=O)N1C[C@@H]2CCC[C@@H]2[C@H]1C(=O)NN(C[C@@H]1CCCNC1=O)C(=O)[C@H](F)Cl. The summed E-state index contributed by atoms with van der Waals surface area (Å²) in [6.07, 6.45) is 5.94. The molecule has 12 heteroatoms. The lowest BCUT2D eigenvalue weighted by Crippen LogP contribution is -2.61. The Labute approximate surface area is 234 Å². The Kier molecular flexibility index (Phi) is 9.08. The van der Waals surface area contributed by atoms with E-state index >= 15 is 0 Å². The molecule has 2 heterocycles. The Morgan fingerprint density at radius 3 is 2.46 bits per heavy atom.